The largest absolute Gasteiger partial charge is 3.00 e. The van der Waals surface area contributed by atoms with E-state index in [0.717, 1.165) is 0 Å². The van der Waals surface area contributed by atoms with E-state index in [-0.39, 0.29) is 72.7 Å². The zero-order valence-electron chi connectivity index (χ0n) is 2.05. The summed E-state index contributed by atoms with van der Waals surface area (Å²) >= 11 is 0. The third-order valence-electron chi connectivity index (χ3n) is 0. The van der Waals surface area contributed by atoms with Gasteiger partial charge in [-0.05, 0) is 0 Å². The van der Waals surface area contributed by atoms with Gasteiger partial charge in [0.25, 0.3) is 0 Å². The average Bonchev–Trinajstić information content (AvgIpc) is 0. The molecule has 0 aromatic rings. The fraction of sp³-hybridized carbons (Fsp3) is 0. The van der Waals surface area contributed by atoms with Crippen molar-refractivity contribution in [3.8, 4) is 0 Å². The third kappa shape index (κ3) is 8.87. The first kappa shape index (κ1) is 34.1. The van der Waals surface area contributed by atoms with Crippen molar-refractivity contribution in [2.24, 2.45) is 0 Å². The first-order valence-electron chi connectivity index (χ1n) is 0. The first-order valence-corrected chi connectivity index (χ1v) is 0. The van der Waals surface area contributed by atoms with Crippen molar-refractivity contribution in [1.29, 1.82) is 0 Å². The summed E-state index contributed by atoms with van der Waals surface area (Å²) in [7, 11) is 0. The summed E-state index contributed by atoms with van der Waals surface area (Å²) in [6, 6.07) is 0. The molecule has 4 heteroatoms. The van der Waals surface area contributed by atoms with Crippen molar-refractivity contribution in [2.75, 3.05) is 0 Å². The van der Waals surface area contributed by atoms with Gasteiger partial charge in [-0.2, -0.15) is 9.90 Å². The third-order valence-corrected chi connectivity index (χ3v) is 0. The fourth-order valence-electron chi connectivity index (χ4n) is 0. The summed E-state index contributed by atoms with van der Waals surface area (Å²) in [6.07, 6.45) is 0. The first-order chi connectivity index (χ1) is 0. The maximum absolute atomic E-state index is 0. The van der Waals surface area contributed by atoms with E-state index in [2.05, 4.69) is 0 Å². The smallest absolute Gasteiger partial charge is 2.00 e. The van der Waals surface area contributed by atoms with Crippen LogP contribution in [0.2, 0.25) is 0 Å². The molecule has 0 aliphatic carbocycles. The van der Waals surface area contributed by atoms with Crippen LogP contribution in [0.4, 0.5) is 0 Å². The van der Waals surface area contributed by atoms with Crippen LogP contribution in [0.5, 0.6) is 0 Å². The van der Waals surface area contributed by atoms with Crippen molar-refractivity contribution in [3.63, 3.8) is 0 Å². The van der Waals surface area contributed by atoms with E-state index < -0.39 is 0 Å². The topological polar surface area (TPSA) is 28.5 Å². The number of rotatable bonds is 0. The Hall–Kier alpha value is 2.25. The Labute approximate surface area is 71.7 Å². The van der Waals surface area contributed by atoms with Gasteiger partial charge in [0, 0.05) is 0 Å². The second-order valence-corrected chi connectivity index (χ2v) is 0. The molecule has 1 atom stereocenters. The van der Waals surface area contributed by atoms with E-state index in [0.29, 0.717) is 0 Å². The second-order valence-electron chi connectivity index (χ2n) is 0. The van der Waals surface area contributed by atoms with Crippen LogP contribution in [0.25, 0.3) is 0 Å². The molecule has 0 bridgehead atoms. The molecule has 0 spiro atoms. The molecule has 4 heavy (non-hydrogen) atoms. The van der Waals surface area contributed by atoms with Crippen molar-refractivity contribution >= 4 is 27.3 Å². The minimum absolute atomic E-state index is 0. The van der Waals surface area contributed by atoms with Gasteiger partial charge in [0.05, 0.1) is 0 Å². The summed E-state index contributed by atoms with van der Waals surface area (Å²) in [5.74, 6) is 0. The molecule has 1 nitrogen and oxygen atoms in total. The van der Waals surface area contributed by atoms with Crippen LogP contribution in [-0.4, -0.2) is 17.4 Å². The van der Waals surface area contributed by atoms with Gasteiger partial charge in [0.2, 0.25) is 0 Å². The van der Waals surface area contributed by atoms with Gasteiger partial charge in [0.15, 0.2) is 0 Å². The molecule has 0 fully saturated rings. The Bertz CT molecular complexity index is 8.00. The van der Waals surface area contributed by atoms with Gasteiger partial charge < -0.3 is 5.48 Å². The van der Waals surface area contributed by atoms with Gasteiger partial charge in [-0.3, -0.25) is 0 Å². The zero-order valence-corrected chi connectivity index (χ0v) is 6.88. The van der Waals surface area contributed by atoms with Crippen LogP contribution in [0, 0.1) is 39.9 Å². The molecule has 1 radical (unpaired) electrons. The Morgan fingerprint density at radius 1 is 1.00 bits per heavy atom. The minimum atomic E-state index is 0. The van der Waals surface area contributed by atoms with Crippen LogP contribution in [-0.2, 0) is 5.48 Å². The van der Waals surface area contributed by atoms with E-state index in [1.807, 2.05) is 0 Å². The average molecular weight is 234 g/mol. The van der Waals surface area contributed by atoms with E-state index in [9.17, 15) is 0 Å². The Kier molecular flexibility index (Phi) is 160. The SMILES string of the molecule is P.[Al+3].[Gd+3].[O-2]. The Balaban J connectivity index is 0. The predicted octanol–water partition coefficient (Wildman–Crippen LogP) is -0.442. The predicted molar refractivity (Wildman–Crippen MR) is 17.5 cm³/mol. The summed E-state index contributed by atoms with van der Waals surface area (Å²) in [6.45, 7) is 0. The van der Waals surface area contributed by atoms with Crippen LogP contribution in [0.1, 0.15) is 0 Å². The molecule has 0 aromatic heterocycles. The van der Waals surface area contributed by atoms with Crippen molar-refractivity contribution in [1.82, 2.24) is 0 Å². The fourth-order valence-corrected chi connectivity index (χ4v) is 0. The molecule has 1 unspecified atom stereocenters. The number of hydrogen-bond donors (Lipinski definition) is 0. The zero-order chi connectivity index (χ0) is 0. The van der Waals surface area contributed by atoms with Crippen molar-refractivity contribution in [2.45, 2.75) is 0 Å². The molecule has 0 heterocycles. The normalized spacial score (nSPS) is 0. The molecule has 0 aliphatic rings. The maximum Gasteiger partial charge on any atom is 3.00 e. The summed E-state index contributed by atoms with van der Waals surface area (Å²) in [5, 5.41) is 0. The maximum atomic E-state index is 0. The van der Waals surface area contributed by atoms with E-state index in [4.69, 9.17) is 0 Å². The van der Waals surface area contributed by atoms with Gasteiger partial charge in [-0.1, -0.05) is 0 Å². The monoisotopic (exact) mass is 235 g/mol. The van der Waals surface area contributed by atoms with Gasteiger partial charge >= 0.3 is 57.3 Å². The van der Waals surface area contributed by atoms with Crippen LogP contribution >= 0.6 is 9.90 Å². The molecule has 0 amide bonds. The van der Waals surface area contributed by atoms with Crippen LogP contribution < -0.4 is 0 Å². The van der Waals surface area contributed by atoms with E-state index >= 15 is 0 Å². The summed E-state index contributed by atoms with van der Waals surface area (Å²) in [4.78, 5) is 0. The van der Waals surface area contributed by atoms with E-state index in [1.54, 1.807) is 0 Å². The van der Waals surface area contributed by atoms with Crippen molar-refractivity contribution < 1.29 is 45.4 Å². The van der Waals surface area contributed by atoms with Gasteiger partial charge in [-0.25, -0.2) is 0 Å². The molecule has 21 valence electrons. The van der Waals surface area contributed by atoms with E-state index in [1.165, 1.54) is 0 Å². The number of hydrogen-bond acceptors (Lipinski definition) is 0. The summed E-state index contributed by atoms with van der Waals surface area (Å²) in [5.41, 5.74) is 0. The van der Waals surface area contributed by atoms with Crippen LogP contribution in [0.15, 0.2) is 0 Å². The molecule has 0 N–H and O–H groups in total. The standard InChI is InChI=1S/Al.Gd.O.H3P/h;;;1H3/q2*+3;-2;. The van der Waals surface area contributed by atoms with Crippen LogP contribution in [0.3, 0.4) is 0 Å². The Morgan fingerprint density at radius 2 is 1.00 bits per heavy atom. The van der Waals surface area contributed by atoms with Crippen molar-refractivity contribution in [3.05, 3.63) is 0 Å². The molecule has 0 rings (SSSR count). The van der Waals surface area contributed by atoms with Gasteiger partial charge in [-0.15, -0.1) is 0 Å². The molecule has 0 aliphatic heterocycles. The van der Waals surface area contributed by atoms with Gasteiger partial charge in [0.1, 0.15) is 0 Å². The Morgan fingerprint density at radius 3 is 1.00 bits per heavy atom. The second kappa shape index (κ2) is 18.7. The molecule has 0 saturated carbocycles. The molecule has 0 aromatic carbocycles. The summed E-state index contributed by atoms with van der Waals surface area (Å²) < 4.78 is 0. The quantitative estimate of drug-likeness (QED) is 0.401. The minimum Gasteiger partial charge on any atom is -2.00 e. The molecular weight excluding hydrogens is 231 g/mol. The molecular formula is H3AlGdOP+4. The molecule has 0 saturated heterocycles.